The Morgan fingerprint density at radius 3 is 2.25 bits per heavy atom. The van der Waals surface area contributed by atoms with E-state index in [1.165, 1.54) is 5.69 Å². The molecule has 1 fully saturated rings. The minimum atomic E-state index is -0.811. The normalized spacial score (nSPS) is 19.9. The molecule has 2 atom stereocenters. The van der Waals surface area contributed by atoms with Gasteiger partial charge in [-0.15, -0.1) is 0 Å². The number of halogens is 1. The van der Waals surface area contributed by atoms with E-state index in [0.29, 0.717) is 11.8 Å². The molecule has 0 amide bonds. The molecule has 1 heterocycles. The average Bonchev–Trinajstić information content (AvgIpc) is 2.48. The van der Waals surface area contributed by atoms with E-state index in [1.54, 1.807) is 0 Å². The first-order chi connectivity index (χ1) is 9.61. The van der Waals surface area contributed by atoms with Gasteiger partial charge in [0.15, 0.2) is 0 Å². The lowest BCUT2D eigenvalue weighted by atomic mass is 10.0. The second-order valence-electron chi connectivity index (χ2n) is 5.37. The third-order valence-corrected chi connectivity index (χ3v) is 4.33. The predicted octanol–water partition coefficient (Wildman–Crippen LogP) is 1.62. The van der Waals surface area contributed by atoms with Gasteiger partial charge in [0, 0.05) is 37.2 Å². The molecule has 1 saturated heterocycles. The first kappa shape index (κ1) is 15.8. The van der Waals surface area contributed by atoms with Gasteiger partial charge in [0.25, 0.3) is 0 Å². The van der Waals surface area contributed by atoms with Crippen molar-refractivity contribution in [3.05, 3.63) is 29.8 Å². The summed E-state index contributed by atoms with van der Waals surface area (Å²) in [4.78, 5) is 4.68. The maximum absolute atomic E-state index is 10.1. The summed E-state index contributed by atoms with van der Waals surface area (Å²) in [7, 11) is 2.14. The molecule has 2 N–H and O–H groups in total. The van der Waals surface area contributed by atoms with Gasteiger partial charge in [-0.25, -0.2) is 0 Å². The SMILES string of the molecule is CN1CCN(c2ccc(C(O)C(O)CCBr)cc2)CC1. The molecule has 0 saturated carbocycles. The molecule has 0 aromatic heterocycles. The molecule has 1 aromatic rings. The number of piperazine rings is 1. The second-order valence-corrected chi connectivity index (χ2v) is 6.16. The molecule has 0 bridgehead atoms. The van der Waals surface area contributed by atoms with E-state index >= 15 is 0 Å². The molecular formula is C15H23BrN2O2. The summed E-state index contributed by atoms with van der Waals surface area (Å²) in [5, 5.41) is 20.6. The molecule has 1 aliphatic rings. The molecule has 5 heteroatoms. The van der Waals surface area contributed by atoms with Gasteiger partial charge >= 0.3 is 0 Å². The summed E-state index contributed by atoms with van der Waals surface area (Å²) >= 11 is 3.28. The Bertz CT molecular complexity index is 384. The fourth-order valence-electron chi connectivity index (χ4n) is 2.44. The molecule has 4 nitrogen and oxygen atoms in total. The molecule has 0 radical (unpaired) electrons. The third-order valence-electron chi connectivity index (χ3n) is 3.87. The van der Waals surface area contributed by atoms with E-state index in [-0.39, 0.29) is 0 Å². The molecular weight excluding hydrogens is 320 g/mol. The number of hydrogen-bond donors (Lipinski definition) is 2. The molecule has 2 unspecified atom stereocenters. The summed E-state index contributed by atoms with van der Waals surface area (Å²) in [6.07, 6.45) is -0.987. The van der Waals surface area contributed by atoms with Crippen molar-refractivity contribution >= 4 is 21.6 Å². The van der Waals surface area contributed by atoms with Crippen LogP contribution in [0.1, 0.15) is 18.1 Å². The van der Waals surface area contributed by atoms with Crippen LogP contribution in [0.5, 0.6) is 0 Å². The number of benzene rings is 1. The van der Waals surface area contributed by atoms with Gasteiger partial charge in [-0.2, -0.15) is 0 Å². The van der Waals surface area contributed by atoms with E-state index in [9.17, 15) is 10.2 Å². The zero-order valence-corrected chi connectivity index (χ0v) is 13.5. The lowest BCUT2D eigenvalue weighted by molar-refractivity contribution is 0.0174. The van der Waals surface area contributed by atoms with Gasteiger partial charge in [-0.1, -0.05) is 28.1 Å². The van der Waals surface area contributed by atoms with Gasteiger partial charge in [0.2, 0.25) is 0 Å². The van der Waals surface area contributed by atoms with E-state index in [0.717, 1.165) is 31.7 Å². The molecule has 20 heavy (non-hydrogen) atoms. The van der Waals surface area contributed by atoms with Crippen molar-refractivity contribution in [2.45, 2.75) is 18.6 Å². The Balaban J connectivity index is 1.99. The van der Waals surface area contributed by atoms with Crippen molar-refractivity contribution in [2.24, 2.45) is 0 Å². The number of aliphatic hydroxyl groups excluding tert-OH is 2. The van der Waals surface area contributed by atoms with E-state index in [2.05, 4.69) is 32.8 Å². The van der Waals surface area contributed by atoms with Crippen LogP contribution in [0.15, 0.2) is 24.3 Å². The average molecular weight is 343 g/mol. The Hall–Kier alpha value is -0.620. The van der Waals surface area contributed by atoms with Crippen LogP contribution < -0.4 is 4.90 Å². The highest BCUT2D eigenvalue weighted by atomic mass is 79.9. The van der Waals surface area contributed by atoms with Gasteiger partial charge < -0.3 is 20.0 Å². The number of hydrogen-bond acceptors (Lipinski definition) is 4. The fourth-order valence-corrected chi connectivity index (χ4v) is 2.91. The van der Waals surface area contributed by atoms with Crippen molar-refractivity contribution in [2.75, 3.05) is 43.5 Å². The number of aliphatic hydroxyl groups is 2. The fraction of sp³-hybridized carbons (Fsp3) is 0.600. The van der Waals surface area contributed by atoms with Crippen molar-refractivity contribution in [1.82, 2.24) is 4.90 Å². The zero-order valence-electron chi connectivity index (χ0n) is 11.9. The topological polar surface area (TPSA) is 46.9 Å². The van der Waals surface area contributed by atoms with E-state index < -0.39 is 12.2 Å². The zero-order chi connectivity index (χ0) is 14.5. The van der Waals surface area contributed by atoms with Crippen LogP contribution >= 0.6 is 15.9 Å². The molecule has 112 valence electrons. The highest BCUT2D eigenvalue weighted by Crippen LogP contribution is 2.23. The van der Waals surface area contributed by atoms with Crippen LogP contribution in [0.25, 0.3) is 0 Å². The Morgan fingerprint density at radius 2 is 1.70 bits per heavy atom. The maximum Gasteiger partial charge on any atom is 0.105 e. The second kappa shape index (κ2) is 7.41. The Labute approximate surface area is 129 Å². The van der Waals surface area contributed by atoms with Crippen molar-refractivity contribution in [3.63, 3.8) is 0 Å². The quantitative estimate of drug-likeness (QED) is 0.798. The van der Waals surface area contributed by atoms with Crippen molar-refractivity contribution in [3.8, 4) is 0 Å². The number of alkyl halides is 1. The van der Waals surface area contributed by atoms with Crippen molar-refractivity contribution in [1.29, 1.82) is 0 Å². The van der Waals surface area contributed by atoms with Crippen LogP contribution in [0.2, 0.25) is 0 Å². The monoisotopic (exact) mass is 342 g/mol. The van der Waals surface area contributed by atoms with Crippen molar-refractivity contribution < 1.29 is 10.2 Å². The molecule has 0 spiro atoms. The summed E-state index contributed by atoms with van der Waals surface area (Å²) < 4.78 is 0. The van der Waals surface area contributed by atoms with Crippen LogP contribution in [0.4, 0.5) is 5.69 Å². The summed E-state index contributed by atoms with van der Waals surface area (Å²) in [6.45, 7) is 4.22. The van der Waals surface area contributed by atoms with E-state index in [1.807, 2.05) is 24.3 Å². The number of nitrogens with zero attached hydrogens (tertiary/aromatic N) is 2. The van der Waals surface area contributed by atoms with Crippen LogP contribution in [-0.4, -0.2) is 59.8 Å². The summed E-state index contributed by atoms with van der Waals surface area (Å²) in [5.41, 5.74) is 1.96. The minimum absolute atomic E-state index is 0.543. The minimum Gasteiger partial charge on any atom is -0.390 e. The predicted molar refractivity (Wildman–Crippen MR) is 85.5 cm³/mol. The molecule has 1 aliphatic heterocycles. The number of rotatable bonds is 5. The van der Waals surface area contributed by atoms with Gasteiger partial charge in [-0.3, -0.25) is 0 Å². The largest absolute Gasteiger partial charge is 0.390 e. The van der Waals surface area contributed by atoms with Gasteiger partial charge in [0.05, 0.1) is 6.10 Å². The first-order valence-electron chi connectivity index (χ1n) is 7.07. The first-order valence-corrected chi connectivity index (χ1v) is 8.19. The molecule has 1 aromatic carbocycles. The van der Waals surface area contributed by atoms with Crippen LogP contribution in [0, 0.1) is 0 Å². The smallest absolute Gasteiger partial charge is 0.105 e. The van der Waals surface area contributed by atoms with Gasteiger partial charge in [0.1, 0.15) is 6.10 Å². The van der Waals surface area contributed by atoms with Crippen LogP contribution in [-0.2, 0) is 0 Å². The van der Waals surface area contributed by atoms with E-state index in [4.69, 9.17) is 0 Å². The maximum atomic E-state index is 10.1. The third kappa shape index (κ3) is 3.95. The Morgan fingerprint density at radius 1 is 1.10 bits per heavy atom. The molecule has 2 rings (SSSR count). The Kier molecular flexibility index (Phi) is 5.84. The lowest BCUT2D eigenvalue weighted by Gasteiger charge is -2.34. The number of likely N-dealkylation sites (N-methyl/N-ethyl adjacent to an activating group) is 1. The van der Waals surface area contributed by atoms with Gasteiger partial charge in [-0.05, 0) is 31.2 Å². The lowest BCUT2D eigenvalue weighted by Crippen LogP contribution is -2.44. The standard InChI is InChI=1S/C15H23BrN2O2/c1-17-8-10-18(11-9-17)13-4-2-12(3-5-13)15(20)14(19)6-7-16/h2-5,14-15,19-20H,6-11H2,1H3. The summed E-state index contributed by atoms with van der Waals surface area (Å²) in [5.74, 6) is 0. The highest BCUT2D eigenvalue weighted by Gasteiger charge is 2.19. The highest BCUT2D eigenvalue weighted by molar-refractivity contribution is 9.09. The van der Waals surface area contributed by atoms with Crippen LogP contribution in [0.3, 0.4) is 0 Å². The number of anilines is 1. The summed E-state index contributed by atoms with van der Waals surface area (Å²) in [6, 6.07) is 7.89. The molecule has 0 aliphatic carbocycles.